The Balaban J connectivity index is 2.10. The SMILES string of the molecule is CCCCSCCN1CCCC(C(=O)O)C1. The van der Waals surface area contributed by atoms with Crippen molar-refractivity contribution >= 4 is 17.7 Å². The lowest BCUT2D eigenvalue weighted by Gasteiger charge is -2.30. The van der Waals surface area contributed by atoms with Gasteiger partial charge in [0.2, 0.25) is 0 Å². The molecule has 0 amide bonds. The summed E-state index contributed by atoms with van der Waals surface area (Å²) >= 11 is 1.99. The van der Waals surface area contributed by atoms with E-state index in [9.17, 15) is 4.79 Å². The molecule has 1 N–H and O–H groups in total. The highest BCUT2D eigenvalue weighted by Crippen LogP contribution is 2.17. The summed E-state index contributed by atoms with van der Waals surface area (Å²) in [5.74, 6) is 1.64. The van der Waals surface area contributed by atoms with Crippen LogP contribution in [0.1, 0.15) is 32.6 Å². The van der Waals surface area contributed by atoms with Crippen molar-refractivity contribution < 1.29 is 9.90 Å². The first-order valence-electron chi connectivity index (χ1n) is 6.27. The fourth-order valence-corrected chi connectivity index (χ4v) is 3.09. The number of likely N-dealkylation sites (tertiary alicyclic amines) is 1. The van der Waals surface area contributed by atoms with Gasteiger partial charge < -0.3 is 10.0 Å². The zero-order valence-electron chi connectivity index (χ0n) is 10.2. The van der Waals surface area contributed by atoms with Gasteiger partial charge in [-0.05, 0) is 31.6 Å². The Bertz CT molecular complexity index is 211. The van der Waals surface area contributed by atoms with Crippen LogP contribution in [0.2, 0.25) is 0 Å². The second kappa shape index (κ2) is 7.96. The molecule has 1 aliphatic heterocycles. The van der Waals surface area contributed by atoms with Crippen molar-refractivity contribution in [1.29, 1.82) is 0 Å². The Morgan fingerprint density at radius 1 is 1.50 bits per heavy atom. The molecule has 1 unspecified atom stereocenters. The summed E-state index contributed by atoms with van der Waals surface area (Å²) < 4.78 is 0. The number of hydrogen-bond donors (Lipinski definition) is 1. The first kappa shape index (κ1) is 13.8. The minimum absolute atomic E-state index is 0.130. The molecule has 4 heteroatoms. The van der Waals surface area contributed by atoms with Crippen LogP contribution in [0, 0.1) is 5.92 Å². The topological polar surface area (TPSA) is 40.5 Å². The molecule has 94 valence electrons. The summed E-state index contributed by atoms with van der Waals surface area (Å²) in [4.78, 5) is 13.2. The lowest BCUT2D eigenvalue weighted by molar-refractivity contribution is -0.143. The average molecular weight is 245 g/mol. The molecule has 1 heterocycles. The maximum absolute atomic E-state index is 10.9. The fourth-order valence-electron chi connectivity index (χ4n) is 2.00. The van der Waals surface area contributed by atoms with Gasteiger partial charge in [-0.15, -0.1) is 0 Å². The van der Waals surface area contributed by atoms with Crippen LogP contribution in [0.4, 0.5) is 0 Å². The number of carboxylic acids is 1. The average Bonchev–Trinajstić information content (AvgIpc) is 2.29. The Hall–Kier alpha value is -0.220. The standard InChI is InChI=1S/C12H23NO2S/c1-2-3-8-16-9-7-13-6-4-5-11(10-13)12(14)15/h11H,2-10H2,1H3,(H,14,15). The van der Waals surface area contributed by atoms with E-state index in [0.717, 1.165) is 38.2 Å². The molecular formula is C12H23NO2S. The van der Waals surface area contributed by atoms with E-state index in [1.54, 1.807) is 0 Å². The second-order valence-electron chi connectivity index (χ2n) is 4.44. The van der Waals surface area contributed by atoms with Crippen molar-refractivity contribution in [2.45, 2.75) is 32.6 Å². The zero-order valence-corrected chi connectivity index (χ0v) is 11.0. The van der Waals surface area contributed by atoms with Crippen molar-refractivity contribution in [3.05, 3.63) is 0 Å². The van der Waals surface area contributed by atoms with E-state index in [1.165, 1.54) is 18.6 Å². The number of unbranched alkanes of at least 4 members (excludes halogenated alkanes) is 1. The van der Waals surface area contributed by atoms with Crippen LogP contribution in [0.15, 0.2) is 0 Å². The van der Waals surface area contributed by atoms with E-state index >= 15 is 0 Å². The quantitative estimate of drug-likeness (QED) is 0.699. The lowest BCUT2D eigenvalue weighted by atomic mass is 9.98. The molecule has 1 aliphatic rings. The highest BCUT2D eigenvalue weighted by Gasteiger charge is 2.24. The fraction of sp³-hybridized carbons (Fsp3) is 0.917. The van der Waals surface area contributed by atoms with Gasteiger partial charge in [-0.2, -0.15) is 11.8 Å². The minimum atomic E-state index is -0.622. The number of thioether (sulfide) groups is 1. The molecule has 0 aliphatic carbocycles. The molecule has 0 aromatic carbocycles. The van der Waals surface area contributed by atoms with Crippen LogP contribution >= 0.6 is 11.8 Å². The van der Waals surface area contributed by atoms with Crippen LogP contribution < -0.4 is 0 Å². The molecule has 1 fully saturated rings. The van der Waals surface area contributed by atoms with Crippen LogP contribution in [0.3, 0.4) is 0 Å². The van der Waals surface area contributed by atoms with Gasteiger partial charge in [-0.25, -0.2) is 0 Å². The van der Waals surface area contributed by atoms with Crippen LogP contribution in [0.5, 0.6) is 0 Å². The molecular weight excluding hydrogens is 222 g/mol. The zero-order chi connectivity index (χ0) is 11.8. The third-order valence-corrected chi connectivity index (χ3v) is 4.10. The van der Waals surface area contributed by atoms with Gasteiger partial charge in [0, 0.05) is 18.8 Å². The summed E-state index contributed by atoms with van der Waals surface area (Å²) in [7, 11) is 0. The highest BCUT2D eigenvalue weighted by molar-refractivity contribution is 7.99. The summed E-state index contributed by atoms with van der Waals surface area (Å²) in [6.45, 7) is 5.10. The van der Waals surface area contributed by atoms with E-state index in [-0.39, 0.29) is 5.92 Å². The number of carboxylic acid groups (broad SMARTS) is 1. The molecule has 0 saturated carbocycles. The first-order valence-corrected chi connectivity index (χ1v) is 7.42. The van der Waals surface area contributed by atoms with E-state index in [1.807, 2.05) is 11.8 Å². The van der Waals surface area contributed by atoms with Crippen LogP contribution in [-0.4, -0.2) is 47.1 Å². The van der Waals surface area contributed by atoms with Crippen LogP contribution in [0.25, 0.3) is 0 Å². The first-order chi connectivity index (χ1) is 7.74. The molecule has 1 saturated heterocycles. The Labute approximate surface area is 103 Å². The molecule has 1 rings (SSSR count). The third-order valence-electron chi connectivity index (χ3n) is 3.05. The molecule has 0 aromatic rings. The number of hydrogen-bond acceptors (Lipinski definition) is 3. The van der Waals surface area contributed by atoms with Gasteiger partial charge >= 0.3 is 5.97 Å². The van der Waals surface area contributed by atoms with E-state index < -0.39 is 5.97 Å². The maximum atomic E-state index is 10.9. The summed E-state index contributed by atoms with van der Waals surface area (Å²) in [6, 6.07) is 0. The summed E-state index contributed by atoms with van der Waals surface area (Å²) in [6.07, 6.45) is 4.45. The van der Waals surface area contributed by atoms with Gasteiger partial charge in [-0.3, -0.25) is 4.79 Å². The number of carbonyl (C=O) groups is 1. The minimum Gasteiger partial charge on any atom is -0.481 e. The van der Waals surface area contributed by atoms with Gasteiger partial charge in [-0.1, -0.05) is 13.3 Å². The lowest BCUT2D eigenvalue weighted by Crippen LogP contribution is -2.39. The van der Waals surface area contributed by atoms with Gasteiger partial charge in [0.15, 0.2) is 0 Å². The number of piperidine rings is 1. The van der Waals surface area contributed by atoms with Crippen molar-refractivity contribution in [3.8, 4) is 0 Å². The molecule has 0 aromatic heterocycles. The molecule has 0 radical (unpaired) electrons. The third kappa shape index (κ3) is 5.21. The summed E-state index contributed by atoms with van der Waals surface area (Å²) in [5, 5.41) is 8.97. The second-order valence-corrected chi connectivity index (χ2v) is 5.67. The Kier molecular flexibility index (Phi) is 6.88. The van der Waals surface area contributed by atoms with E-state index in [2.05, 4.69) is 11.8 Å². The Morgan fingerprint density at radius 2 is 2.31 bits per heavy atom. The van der Waals surface area contributed by atoms with Gasteiger partial charge in [0.05, 0.1) is 5.92 Å². The van der Waals surface area contributed by atoms with Gasteiger partial charge in [0.25, 0.3) is 0 Å². The molecule has 1 atom stereocenters. The van der Waals surface area contributed by atoms with Gasteiger partial charge in [0.1, 0.15) is 0 Å². The predicted molar refractivity (Wildman–Crippen MR) is 69.0 cm³/mol. The maximum Gasteiger partial charge on any atom is 0.307 e. The smallest absolute Gasteiger partial charge is 0.307 e. The van der Waals surface area contributed by atoms with Crippen molar-refractivity contribution in [2.75, 3.05) is 31.1 Å². The molecule has 16 heavy (non-hydrogen) atoms. The highest BCUT2D eigenvalue weighted by atomic mass is 32.2. The van der Waals surface area contributed by atoms with Crippen molar-refractivity contribution in [3.63, 3.8) is 0 Å². The number of nitrogens with zero attached hydrogens (tertiary/aromatic N) is 1. The van der Waals surface area contributed by atoms with E-state index in [0.29, 0.717) is 0 Å². The number of aliphatic carboxylic acids is 1. The molecule has 0 spiro atoms. The normalized spacial score (nSPS) is 22.2. The van der Waals surface area contributed by atoms with Crippen molar-refractivity contribution in [1.82, 2.24) is 4.90 Å². The molecule has 0 bridgehead atoms. The van der Waals surface area contributed by atoms with Crippen LogP contribution in [-0.2, 0) is 4.79 Å². The van der Waals surface area contributed by atoms with Crippen molar-refractivity contribution in [2.24, 2.45) is 5.92 Å². The monoisotopic (exact) mass is 245 g/mol. The number of rotatable bonds is 7. The predicted octanol–water partition coefficient (Wildman–Crippen LogP) is 2.32. The Morgan fingerprint density at radius 3 is 3.00 bits per heavy atom. The largest absolute Gasteiger partial charge is 0.481 e. The summed E-state index contributed by atoms with van der Waals surface area (Å²) in [5.41, 5.74) is 0. The molecule has 3 nitrogen and oxygen atoms in total. The van der Waals surface area contributed by atoms with E-state index in [4.69, 9.17) is 5.11 Å².